The average Bonchev–Trinajstić information content (AvgIpc) is 3.26. The number of aromatic nitrogens is 3. The summed E-state index contributed by atoms with van der Waals surface area (Å²) in [5.41, 5.74) is 3.98. The summed E-state index contributed by atoms with van der Waals surface area (Å²) in [5, 5.41) is 12.5. The van der Waals surface area contributed by atoms with Gasteiger partial charge >= 0.3 is 0 Å². The number of benzene rings is 3. The predicted molar refractivity (Wildman–Crippen MR) is 170 cm³/mol. The topological polar surface area (TPSA) is 90.6 Å². The van der Waals surface area contributed by atoms with E-state index < -0.39 is 14.4 Å². The summed E-state index contributed by atoms with van der Waals surface area (Å²) < 4.78 is 13.9. The molecule has 8 nitrogen and oxygen atoms in total. The van der Waals surface area contributed by atoms with E-state index in [2.05, 4.69) is 49.4 Å². The first-order valence-electron chi connectivity index (χ1n) is 13.9. The van der Waals surface area contributed by atoms with Crippen molar-refractivity contribution in [1.29, 1.82) is 0 Å². The highest BCUT2D eigenvalue weighted by Gasteiger charge is 2.39. The van der Waals surface area contributed by atoms with Gasteiger partial charge in [0.05, 0.1) is 24.9 Å². The molecule has 0 bridgehead atoms. The van der Waals surface area contributed by atoms with E-state index in [1.54, 1.807) is 7.11 Å². The fourth-order valence-corrected chi connectivity index (χ4v) is 5.78. The van der Waals surface area contributed by atoms with Crippen LogP contribution >= 0.6 is 11.6 Å². The fraction of sp³-hybridized carbons (Fsp3) is 0.312. The second-order valence-corrected chi connectivity index (χ2v) is 17.1. The quantitative estimate of drug-likeness (QED) is 0.221. The summed E-state index contributed by atoms with van der Waals surface area (Å²) in [6.07, 6.45) is 0.0720. The van der Waals surface area contributed by atoms with Gasteiger partial charge in [-0.05, 0) is 79.7 Å². The maximum absolute atomic E-state index is 13.4. The Hall–Kier alpha value is -3.95. The summed E-state index contributed by atoms with van der Waals surface area (Å²) in [6.45, 7) is 12.9. The molecule has 1 amide bonds. The molecule has 1 aliphatic heterocycles. The van der Waals surface area contributed by atoms with Gasteiger partial charge in [-0.25, -0.2) is 0 Å². The summed E-state index contributed by atoms with van der Waals surface area (Å²) >= 11 is 6.20. The molecule has 10 heteroatoms. The molecule has 1 aromatic heterocycles. The lowest BCUT2D eigenvalue weighted by molar-refractivity contribution is -0.116. The van der Waals surface area contributed by atoms with Crippen molar-refractivity contribution in [2.45, 2.75) is 58.3 Å². The molecule has 1 aliphatic rings. The van der Waals surface area contributed by atoms with Crippen LogP contribution in [0, 0.1) is 6.92 Å². The van der Waals surface area contributed by atoms with Crippen LogP contribution in [0.15, 0.2) is 71.7 Å². The minimum Gasteiger partial charge on any atom is -0.544 e. The smallest absolute Gasteiger partial charge is 0.250 e. The predicted octanol–water partition coefficient (Wildman–Crippen LogP) is 7.54. The Morgan fingerprint density at radius 2 is 1.67 bits per heavy atom. The second-order valence-electron chi connectivity index (χ2n) is 12.0. The molecule has 2 heterocycles. The van der Waals surface area contributed by atoms with Gasteiger partial charge in [0.2, 0.25) is 14.2 Å². The molecule has 0 saturated carbocycles. The third-order valence-corrected chi connectivity index (χ3v) is 12.6. The first-order chi connectivity index (χ1) is 19.9. The van der Waals surface area contributed by atoms with Crippen LogP contribution in [0.2, 0.25) is 23.2 Å². The SMILES string of the molecule is COc1ccc2c(c1)C(c1ccc(Cl)cc1)=N[C@@H](CC(=O)Nc1ccc(O[Si](C)(C)C(C)(C)C)cc1)c1nnc(C)n1-2. The number of amides is 1. The Bertz CT molecular complexity index is 1640. The van der Waals surface area contributed by atoms with Gasteiger partial charge in [-0.1, -0.05) is 44.5 Å². The van der Waals surface area contributed by atoms with Crippen molar-refractivity contribution in [3.8, 4) is 17.2 Å². The summed E-state index contributed by atoms with van der Waals surface area (Å²) in [6, 6.07) is 20.3. The van der Waals surface area contributed by atoms with Crippen LogP contribution in [-0.2, 0) is 4.79 Å². The lowest BCUT2D eigenvalue weighted by Gasteiger charge is -2.36. The zero-order valence-corrected chi connectivity index (χ0v) is 26.8. The highest BCUT2D eigenvalue weighted by Crippen LogP contribution is 2.38. The summed E-state index contributed by atoms with van der Waals surface area (Å²) in [5.74, 6) is 2.60. The number of carbonyl (C=O) groups is 1. The van der Waals surface area contributed by atoms with Crippen LogP contribution in [0.5, 0.6) is 11.5 Å². The molecule has 218 valence electrons. The Balaban J connectivity index is 1.46. The normalized spacial score (nSPS) is 14.8. The van der Waals surface area contributed by atoms with Crippen molar-refractivity contribution in [3.05, 3.63) is 94.5 Å². The van der Waals surface area contributed by atoms with Crippen molar-refractivity contribution >= 4 is 37.2 Å². The number of hydrogen-bond acceptors (Lipinski definition) is 6. The van der Waals surface area contributed by atoms with E-state index in [1.165, 1.54) is 0 Å². The molecule has 0 unspecified atom stereocenters. The third-order valence-electron chi connectivity index (χ3n) is 7.95. The standard InChI is InChI=1S/C32H36ClN5O3Si/c1-20-36-37-31-27(19-29(39)34-23-12-14-24(15-13-23)41-42(6,7)32(2,3)4)35-30(21-8-10-22(33)11-9-21)26-18-25(40-5)16-17-28(26)38(20)31/h8-18,27H,19H2,1-7H3,(H,34,39)/t27-/m0/s1. The van der Waals surface area contributed by atoms with Crippen LogP contribution < -0.4 is 14.5 Å². The number of hydrogen-bond donors (Lipinski definition) is 1. The minimum atomic E-state index is -1.96. The van der Waals surface area contributed by atoms with Crippen LogP contribution in [0.25, 0.3) is 5.69 Å². The van der Waals surface area contributed by atoms with Crippen molar-refractivity contribution in [2.24, 2.45) is 4.99 Å². The Morgan fingerprint density at radius 3 is 2.31 bits per heavy atom. The lowest BCUT2D eigenvalue weighted by Crippen LogP contribution is -2.43. The van der Waals surface area contributed by atoms with Crippen molar-refractivity contribution in [3.63, 3.8) is 0 Å². The number of aryl methyl sites for hydroxylation is 1. The van der Waals surface area contributed by atoms with Crippen LogP contribution in [-0.4, -0.2) is 41.8 Å². The van der Waals surface area contributed by atoms with E-state index in [0.29, 0.717) is 28.1 Å². The zero-order chi connectivity index (χ0) is 30.2. The van der Waals surface area contributed by atoms with Gasteiger partial charge < -0.3 is 14.5 Å². The third kappa shape index (κ3) is 5.98. The van der Waals surface area contributed by atoms with Crippen molar-refractivity contribution in [1.82, 2.24) is 14.8 Å². The first-order valence-corrected chi connectivity index (χ1v) is 17.2. The molecular weight excluding hydrogens is 566 g/mol. The molecule has 1 atom stereocenters. The molecule has 0 fully saturated rings. The second kappa shape index (κ2) is 11.4. The highest BCUT2D eigenvalue weighted by atomic mass is 35.5. The molecule has 0 aliphatic carbocycles. The molecule has 4 aromatic rings. The number of carbonyl (C=O) groups excluding carboxylic acids is 1. The Morgan fingerprint density at radius 1 is 1.00 bits per heavy atom. The number of fused-ring (bicyclic) bond motifs is 3. The first kappa shape index (κ1) is 29.5. The molecule has 0 saturated heterocycles. The zero-order valence-electron chi connectivity index (χ0n) is 25.0. The number of nitrogens with zero attached hydrogens (tertiary/aromatic N) is 4. The molecule has 3 aromatic carbocycles. The van der Waals surface area contributed by atoms with E-state index >= 15 is 0 Å². The van der Waals surface area contributed by atoms with Crippen molar-refractivity contribution < 1.29 is 14.0 Å². The van der Waals surface area contributed by atoms with Gasteiger partial charge in [-0.3, -0.25) is 14.4 Å². The van der Waals surface area contributed by atoms with E-state index in [4.69, 9.17) is 25.8 Å². The number of nitrogens with one attached hydrogen (secondary N) is 1. The molecule has 0 spiro atoms. The van der Waals surface area contributed by atoms with Crippen LogP contribution in [0.4, 0.5) is 5.69 Å². The highest BCUT2D eigenvalue weighted by molar-refractivity contribution is 6.74. The monoisotopic (exact) mass is 601 g/mol. The Kier molecular flexibility index (Phi) is 8.00. The van der Waals surface area contributed by atoms with Crippen LogP contribution in [0.3, 0.4) is 0 Å². The average molecular weight is 602 g/mol. The number of anilines is 1. The fourth-order valence-electron chi connectivity index (χ4n) is 4.62. The molecular formula is C32H36ClN5O3Si. The van der Waals surface area contributed by atoms with E-state index in [1.807, 2.05) is 78.2 Å². The van der Waals surface area contributed by atoms with E-state index in [0.717, 1.165) is 28.3 Å². The van der Waals surface area contributed by atoms with Crippen LogP contribution in [0.1, 0.15) is 56.0 Å². The molecule has 1 N–H and O–H groups in total. The van der Waals surface area contributed by atoms with E-state index in [9.17, 15) is 4.79 Å². The number of halogens is 1. The van der Waals surface area contributed by atoms with Gasteiger partial charge in [0.1, 0.15) is 23.4 Å². The molecule has 42 heavy (non-hydrogen) atoms. The van der Waals surface area contributed by atoms with E-state index in [-0.39, 0.29) is 17.4 Å². The number of aliphatic imine (C=N–C) groups is 1. The van der Waals surface area contributed by atoms with Gasteiger partial charge in [-0.2, -0.15) is 0 Å². The molecule has 0 radical (unpaired) electrons. The van der Waals surface area contributed by atoms with Gasteiger partial charge in [-0.15, -0.1) is 10.2 Å². The lowest BCUT2D eigenvalue weighted by atomic mass is 10.00. The van der Waals surface area contributed by atoms with Crippen molar-refractivity contribution in [2.75, 3.05) is 12.4 Å². The summed E-state index contributed by atoms with van der Waals surface area (Å²) in [4.78, 5) is 18.5. The number of ether oxygens (including phenoxy) is 1. The van der Waals surface area contributed by atoms with Gasteiger partial charge in [0, 0.05) is 21.8 Å². The minimum absolute atomic E-state index is 0.0720. The maximum atomic E-state index is 13.4. The van der Waals surface area contributed by atoms with Gasteiger partial charge in [0.25, 0.3) is 0 Å². The maximum Gasteiger partial charge on any atom is 0.250 e. The van der Waals surface area contributed by atoms with Gasteiger partial charge in [0.15, 0.2) is 5.82 Å². The number of rotatable bonds is 7. The largest absolute Gasteiger partial charge is 0.544 e. The molecule has 5 rings (SSSR count). The number of methoxy groups -OCH3 is 1. The summed E-state index contributed by atoms with van der Waals surface area (Å²) in [7, 11) is -0.333. The Labute approximate surface area is 252 Å².